The molecule has 4 nitrogen and oxygen atoms in total. The molecule has 0 spiro atoms. The maximum atomic E-state index is 11.6. The van der Waals surface area contributed by atoms with Crippen molar-refractivity contribution in [2.45, 2.75) is 13.0 Å². The fourth-order valence-electron chi connectivity index (χ4n) is 1.58. The van der Waals surface area contributed by atoms with Crippen LogP contribution in [0.1, 0.15) is 21.7 Å². The van der Waals surface area contributed by atoms with E-state index in [9.17, 15) is 9.59 Å². The van der Waals surface area contributed by atoms with E-state index < -0.39 is 0 Å². The quantitative estimate of drug-likeness (QED) is 0.832. The average Bonchev–Trinajstić information content (AvgIpc) is 3.00. The van der Waals surface area contributed by atoms with Gasteiger partial charge in [-0.1, -0.05) is 36.4 Å². The summed E-state index contributed by atoms with van der Waals surface area (Å²) in [5.74, 6) is -0.476. The average molecular weight is 289 g/mol. The minimum absolute atomic E-state index is 0.157. The molecule has 0 radical (unpaired) electrons. The van der Waals surface area contributed by atoms with E-state index in [4.69, 9.17) is 4.74 Å². The summed E-state index contributed by atoms with van der Waals surface area (Å²) < 4.78 is 5.11. The van der Waals surface area contributed by atoms with E-state index in [1.807, 2.05) is 41.8 Å². The second-order valence-electron chi connectivity index (χ2n) is 4.13. The number of nitrogens with one attached hydrogen (secondary N) is 1. The van der Waals surface area contributed by atoms with Gasteiger partial charge in [0.1, 0.15) is 6.61 Å². The molecule has 0 unspecified atom stereocenters. The van der Waals surface area contributed by atoms with Gasteiger partial charge in [-0.2, -0.15) is 0 Å². The summed E-state index contributed by atoms with van der Waals surface area (Å²) in [7, 11) is 0. The smallest absolute Gasteiger partial charge is 0.307 e. The minimum Gasteiger partial charge on any atom is -0.461 e. The van der Waals surface area contributed by atoms with Crippen LogP contribution in [0.4, 0.5) is 0 Å². The first-order valence-corrected chi connectivity index (χ1v) is 7.15. The van der Waals surface area contributed by atoms with E-state index in [-0.39, 0.29) is 31.4 Å². The number of benzene rings is 1. The third-order valence-electron chi connectivity index (χ3n) is 2.60. The standard InChI is InChI=1S/C15H15NO3S/c17-14(19-11-12-5-2-1-3-6-12)8-9-16-15(18)13-7-4-10-20-13/h1-7,10H,8-9,11H2,(H,16,18). The summed E-state index contributed by atoms with van der Waals surface area (Å²) in [6.07, 6.45) is 0.171. The van der Waals surface area contributed by atoms with Gasteiger partial charge in [0.25, 0.3) is 5.91 Å². The summed E-state index contributed by atoms with van der Waals surface area (Å²) in [5, 5.41) is 4.52. The van der Waals surface area contributed by atoms with Crippen molar-refractivity contribution >= 4 is 23.2 Å². The lowest BCUT2D eigenvalue weighted by Gasteiger charge is -2.05. The molecule has 0 atom stereocenters. The van der Waals surface area contributed by atoms with Crippen molar-refractivity contribution in [1.82, 2.24) is 5.32 Å². The topological polar surface area (TPSA) is 55.4 Å². The van der Waals surface area contributed by atoms with Crippen LogP contribution >= 0.6 is 11.3 Å². The van der Waals surface area contributed by atoms with Crippen LogP contribution in [-0.2, 0) is 16.1 Å². The first-order valence-electron chi connectivity index (χ1n) is 6.27. The summed E-state index contributed by atoms with van der Waals surface area (Å²) in [6, 6.07) is 13.0. The normalized spacial score (nSPS) is 10.0. The molecule has 2 aromatic rings. The summed E-state index contributed by atoms with van der Waals surface area (Å²) in [6.45, 7) is 0.545. The van der Waals surface area contributed by atoms with Gasteiger partial charge in [0, 0.05) is 6.54 Å². The lowest BCUT2D eigenvalue weighted by Crippen LogP contribution is -2.25. The van der Waals surface area contributed by atoms with E-state index in [1.165, 1.54) is 11.3 Å². The van der Waals surface area contributed by atoms with E-state index in [1.54, 1.807) is 6.07 Å². The second-order valence-corrected chi connectivity index (χ2v) is 5.08. The highest BCUT2D eigenvalue weighted by atomic mass is 32.1. The number of thiophene rings is 1. The Labute approximate surface area is 121 Å². The van der Waals surface area contributed by atoms with E-state index in [2.05, 4.69) is 5.32 Å². The van der Waals surface area contributed by atoms with E-state index in [0.29, 0.717) is 4.88 Å². The number of ether oxygens (including phenoxy) is 1. The zero-order chi connectivity index (χ0) is 14.2. The largest absolute Gasteiger partial charge is 0.461 e. The molecule has 0 aliphatic heterocycles. The highest BCUT2D eigenvalue weighted by Crippen LogP contribution is 2.07. The zero-order valence-corrected chi connectivity index (χ0v) is 11.7. The van der Waals surface area contributed by atoms with Crippen molar-refractivity contribution in [1.29, 1.82) is 0 Å². The maximum absolute atomic E-state index is 11.6. The zero-order valence-electron chi connectivity index (χ0n) is 10.9. The van der Waals surface area contributed by atoms with E-state index in [0.717, 1.165) is 5.56 Å². The fourth-order valence-corrected chi connectivity index (χ4v) is 2.22. The van der Waals surface area contributed by atoms with Crippen LogP contribution in [-0.4, -0.2) is 18.4 Å². The van der Waals surface area contributed by atoms with Crippen LogP contribution in [0.5, 0.6) is 0 Å². The number of carbonyl (C=O) groups excluding carboxylic acids is 2. The van der Waals surface area contributed by atoms with Crippen LogP contribution in [0.2, 0.25) is 0 Å². The monoisotopic (exact) mass is 289 g/mol. The molecular formula is C15H15NO3S. The Hall–Kier alpha value is -2.14. The first kappa shape index (κ1) is 14.3. The fraction of sp³-hybridized carbons (Fsp3) is 0.200. The van der Waals surface area contributed by atoms with Gasteiger partial charge in [0.05, 0.1) is 11.3 Å². The summed E-state index contributed by atoms with van der Waals surface area (Å²) >= 11 is 1.37. The van der Waals surface area contributed by atoms with Crippen molar-refractivity contribution in [3.8, 4) is 0 Å². The molecule has 0 aliphatic rings. The second kappa shape index (κ2) is 7.45. The Morgan fingerprint density at radius 3 is 2.60 bits per heavy atom. The maximum Gasteiger partial charge on any atom is 0.307 e. The Bertz CT molecular complexity index is 552. The molecule has 0 fully saturated rings. The van der Waals surface area contributed by atoms with Gasteiger partial charge in [0.2, 0.25) is 0 Å². The van der Waals surface area contributed by atoms with Crippen molar-refractivity contribution in [3.05, 3.63) is 58.3 Å². The van der Waals surface area contributed by atoms with Gasteiger partial charge in [-0.3, -0.25) is 9.59 Å². The first-order chi connectivity index (χ1) is 9.75. The molecular weight excluding hydrogens is 274 g/mol. The van der Waals surface area contributed by atoms with Crippen LogP contribution in [0.25, 0.3) is 0 Å². The number of hydrogen-bond donors (Lipinski definition) is 1. The number of rotatable bonds is 6. The highest BCUT2D eigenvalue weighted by Gasteiger charge is 2.08. The number of esters is 1. The van der Waals surface area contributed by atoms with Crippen LogP contribution in [0.15, 0.2) is 47.8 Å². The Morgan fingerprint density at radius 2 is 1.90 bits per heavy atom. The molecule has 0 saturated carbocycles. The lowest BCUT2D eigenvalue weighted by atomic mass is 10.2. The Morgan fingerprint density at radius 1 is 1.10 bits per heavy atom. The molecule has 1 heterocycles. The van der Waals surface area contributed by atoms with Gasteiger partial charge >= 0.3 is 5.97 Å². The predicted molar refractivity (Wildman–Crippen MR) is 77.5 cm³/mol. The Kier molecular flexibility index (Phi) is 5.32. The summed E-state index contributed by atoms with van der Waals surface area (Å²) in [5.41, 5.74) is 0.948. The van der Waals surface area contributed by atoms with Gasteiger partial charge < -0.3 is 10.1 Å². The van der Waals surface area contributed by atoms with Gasteiger partial charge in [-0.15, -0.1) is 11.3 Å². The van der Waals surface area contributed by atoms with Crippen LogP contribution in [0.3, 0.4) is 0 Å². The van der Waals surface area contributed by atoms with Gasteiger partial charge in [0.15, 0.2) is 0 Å². The minimum atomic E-state index is -0.319. The molecule has 0 saturated heterocycles. The Balaban J connectivity index is 1.64. The van der Waals surface area contributed by atoms with Crippen molar-refractivity contribution in [2.24, 2.45) is 0 Å². The van der Waals surface area contributed by atoms with Gasteiger partial charge in [-0.25, -0.2) is 0 Å². The number of carbonyl (C=O) groups is 2. The molecule has 104 valence electrons. The predicted octanol–water partition coefficient (Wildman–Crippen LogP) is 2.61. The number of amides is 1. The third kappa shape index (κ3) is 4.51. The summed E-state index contributed by atoms with van der Waals surface area (Å²) in [4.78, 5) is 23.8. The molecule has 2 rings (SSSR count). The number of hydrogen-bond acceptors (Lipinski definition) is 4. The van der Waals surface area contributed by atoms with Crippen molar-refractivity contribution in [3.63, 3.8) is 0 Å². The van der Waals surface area contributed by atoms with Crippen molar-refractivity contribution in [2.75, 3.05) is 6.54 Å². The molecule has 5 heteroatoms. The highest BCUT2D eigenvalue weighted by molar-refractivity contribution is 7.12. The van der Waals surface area contributed by atoms with Gasteiger partial charge in [-0.05, 0) is 17.0 Å². The molecule has 0 aliphatic carbocycles. The van der Waals surface area contributed by atoms with E-state index >= 15 is 0 Å². The third-order valence-corrected chi connectivity index (χ3v) is 3.47. The molecule has 20 heavy (non-hydrogen) atoms. The molecule has 1 N–H and O–H groups in total. The molecule has 0 bridgehead atoms. The SMILES string of the molecule is O=C(CCNC(=O)c1cccs1)OCc1ccccc1. The molecule has 1 amide bonds. The van der Waals surface area contributed by atoms with Crippen LogP contribution < -0.4 is 5.32 Å². The van der Waals surface area contributed by atoms with Crippen LogP contribution in [0, 0.1) is 0 Å². The van der Waals surface area contributed by atoms with Crippen molar-refractivity contribution < 1.29 is 14.3 Å². The molecule has 1 aromatic carbocycles. The lowest BCUT2D eigenvalue weighted by molar-refractivity contribution is -0.144. The molecule has 1 aromatic heterocycles.